The first-order valence-electron chi connectivity index (χ1n) is 7.24. The molecule has 0 aliphatic heterocycles. The van der Waals surface area contributed by atoms with Crippen LogP contribution >= 0.6 is 34.5 Å². The van der Waals surface area contributed by atoms with Gasteiger partial charge in [-0.25, -0.2) is 4.79 Å². The van der Waals surface area contributed by atoms with E-state index in [4.69, 9.17) is 32.4 Å². The largest absolute Gasteiger partial charge is 0.461 e. The molecular formula is C16H12Cl2N2O4S. The van der Waals surface area contributed by atoms with Crippen LogP contribution in [0.4, 0.5) is 0 Å². The zero-order valence-corrected chi connectivity index (χ0v) is 15.1. The van der Waals surface area contributed by atoms with Crippen molar-refractivity contribution in [2.75, 3.05) is 0 Å². The van der Waals surface area contributed by atoms with Crippen molar-refractivity contribution >= 4 is 40.5 Å². The Morgan fingerprint density at radius 2 is 2.16 bits per heavy atom. The lowest BCUT2D eigenvalue weighted by Gasteiger charge is -2.06. The number of halogens is 2. The summed E-state index contributed by atoms with van der Waals surface area (Å²) >= 11 is 13.2. The molecule has 1 aromatic carbocycles. The van der Waals surface area contributed by atoms with Gasteiger partial charge in [-0.1, -0.05) is 35.3 Å². The van der Waals surface area contributed by atoms with Crippen molar-refractivity contribution in [3.63, 3.8) is 0 Å². The molecule has 6 nitrogen and oxygen atoms in total. The van der Waals surface area contributed by atoms with Crippen LogP contribution < -0.4 is 5.76 Å². The van der Waals surface area contributed by atoms with Gasteiger partial charge < -0.3 is 9.15 Å². The molecule has 0 atom stereocenters. The Balaban J connectivity index is 1.55. The van der Waals surface area contributed by atoms with Gasteiger partial charge in [-0.2, -0.15) is 4.68 Å². The van der Waals surface area contributed by atoms with Crippen LogP contribution in [-0.2, 0) is 22.7 Å². The predicted octanol–water partition coefficient (Wildman–Crippen LogP) is 4.01. The van der Waals surface area contributed by atoms with E-state index in [0.29, 0.717) is 15.6 Å². The first-order valence-corrected chi connectivity index (χ1v) is 8.88. The van der Waals surface area contributed by atoms with Crippen LogP contribution in [0.25, 0.3) is 10.8 Å². The molecule has 2 heterocycles. The molecule has 25 heavy (non-hydrogen) atoms. The van der Waals surface area contributed by atoms with Crippen LogP contribution in [-0.4, -0.2) is 15.7 Å². The third kappa shape index (κ3) is 4.50. The fraction of sp³-hybridized carbons (Fsp3) is 0.188. The van der Waals surface area contributed by atoms with E-state index >= 15 is 0 Å². The quantitative estimate of drug-likeness (QED) is 0.586. The van der Waals surface area contributed by atoms with Gasteiger partial charge in [0.15, 0.2) is 0 Å². The summed E-state index contributed by atoms with van der Waals surface area (Å²) in [5.74, 6) is -0.850. The minimum Gasteiger partial charge on any atom is -0.461 e. The van der Waals surface area contributed by atoms with E-state index in [2.05, 4.69) is 5.10 Å². The lowest BCUT2D eigenvalue weighted by molar-refractivity contribution is -0.145. The van der Waals surface area contributed by atoms with E-state index in [1.54, 1.807) is 24.3 Å². The highest BCUT2D eigenvalue weighted by atomic mass is 35.5. The maximum Gasteiger partial charge on any atom is 0.437 e. The molecule has 0 aliphatic rings. The fourth-order valence-electron chi connectivity index (χ4n) is 2.01. The van der Waals surface area contributed by atoms with E-state index in [-0.39, 0.29) is 25.5 Å². The van der Waals surface area contributed by atoms with E-state index in [0.717, 1.165) is 9.56 Å². The topological polar surface area (TPSA) is 74.3 Å². The minimum atomic E-state index is -0.614. The van der Waals surface area contributed by atoms with Gasteiger partial charge in [-0.3, -0.25) is 4.79 Å². The number of thiophene rings is 1. The average Bonchev–Trinajstić information content (AvgIpc) is 3.21. The minimum absolute atomic E-state index is 0.0124. The number of hydrogen-bond donors (Lipinski definition) is 0. The Kier molecular flexibility index (Phi) is 5.57. The van der Waals surface area contributed by atoms with Crippen molar-refractivity contribution in [1.82, 2.24) is 9.78 Å². The summed E-state index contributed by atoms with van der Waals surface area (Å²) in [4.78, 5) is 24.4. The molecule has 0 unspecified atom stereocenters. The Morgan fingerprint density at radius 3 is 2.88 bits per heavy atom. The lowest BCUT2D eigenvalue weighted by atomic mass is 10.2. The van der Waals surface area contributed by atoms with Crippen molar-refractivity contribution in [1.29, 1.82) is 0 Å². The van der Waals surface area contributed by atoms with Crippen molar-refractivity contribution in [3.8, 4) is 10.8 Å². The van der Waals surface area contributed by atoms with Crippen molar-refractivity contribution in [2.45, 2.75) is 19.6 Å². The van der Waals surface area contributed by atoms with Crippen LogP contribution in [0.15, 0.2) is 44.9 Å². The second-order valence-corrected chi connectivity index (χ2v) is 6.81. The second kappa shape index (κ2) is 7.86. The summed E-state index contributed by atoms with van der Waals surface area (Å²) in [5, 5.41) is 6.86. The van der Waals surface area contributed by atoms with Gasteiger partial charge in [0, 0.05) is 15.6 Å². The van der Waals surface area contributed by atoms with Crippen molar-refractivity contribution in [3.05, 3.63) is 61.9 Å². The average molecular weight is 399 g/mol. The molecule has 0 saturated heterocycles. The maximum atomic E-state index is 11.9. The molecule has 0 N–H and O–H groups in total. The monoisotopic (exact) mass is 398 g/mol. The first-order chi connectivity index (χ1) is 12.0. The van der Waals surface area contributed by atoms with Gasteiger partial charge in [-0.05, 0) is 23.6 Å². The van der Waals surface area contributed by atoms with Gasteiger partial charge in [0.1, 0.15) is 6.61 Å². The molecule has 3 aromatic rings. The van der Waals surface area contributed by atoms with Crippen LogP contribution in [0.5, 0.6) is 0 Å². The molecule has 130 valence electrons. The first kappa shape index (κ1) is 17.7. The molecule has 0 aliphatic carbocycles. The van der Waals surface area contributed by atoms with E-state index < -0.39 is 11.7 Å². The summed E-state index contributed by atoms with van der Waals surface area (Å²) < 4.78 is 11.3. The van der Waals surface area contributed by atoms with Gasteiger partial charge in [-0.15, -0.1) is 16.4 Å². The van der Waals surface area contributed by atoms with Crippen LogP contribution in [0.3, 0.4) is 0 Å². The highest BCUT2D eigenvalue weighted by Crippen LogP contribution is 2.22. The normalized spacial score (nSPS) is 10.8. The molecule has 0 saturated carbocycles. The molecule has 0 radical (unpaired) electrons. The number of carbonyl (C=O) groups is 1. The molecule has 0 amide bonds. The Hall–Kier alpha value is -2.09. The zero-order valence-electron chi connectivity index (χ0n) is 12.8. The van der Waals surface area contributed by atoms with Gasteiger partial charge in [0.2, 0.25) is 0 Å². The Bertz CT molecular complexity index is 934. The Morgan fingerprint density at radius 1 is 1.32 bits per heavy atom. The number of carbonyl (C=O) groups excluding carboxylic acids is 1. The molecule has 0 fully saturated rings. The third-order valence-electron chi connectivity index (χ3n) is 3.27. The number of aromatic nitrogens is 2. The maximum absolute atomic E-state index is 11.9. The summed E-state index contributed by atoms with van der Waals surface area (Å²) in [6.07, 6.45) is -0.0124. The SMILES string of the molecule is O=C(CCn1nc(-c2cccs2)oc1=O)OCc1ccc(Cl)cc1Cl. The third-order valence-corrected chi connectivity index (χ3v) is 4.71. The smallest absolute Gasteiger partial charge is 0.437 e. The van der Waals surface area contributed by atoms with E-state index in [1.165, 1.54) is 11.3 Å². The molecule has 0 spiro atoms. The number of benzene rings is 1. The number of nitrogens with zero attached hydrogens (tertiary/aromatic N) is 2. The molecule has 9 heteroatoms. The van der Waals surface area contributed by atoms with Crippen LogP contribution in [0.1, 0.15) is 12.0 Å². The van der Waals surface area contributed by atoms with Gasteiger partial charge in [0.25, 0.3) is 5.89 Å². The molecule has 3 rings (SSSR count). The molecule has 2 aromatic heterocycles. The van der Waals surface area contributed by atoms with Crippen LogP contribution in [0, 0.1) is 0 Å². The fourth-order valence-corrected chi connectivity index (χ4v) is 3.12. The summed E-state index contributed by atoms with van der Waals surface area (Å²) in [6.45, 7) is 0.101. The standard InChI is InChI=1S/C16H12Cl2N2O4S/c17-11-4-3-10(12(18)8-11)9-23-14(21)5-6-20-16(22)24-15(19-20)13-2-1-7-25-13/h1-4,7-8H,5-6,9H2. The lowest BCUT2D eigenvalue weighted by Crippen LogP contribution is -2.18. The van der Waals surface area contributed by atoms with Crippen LogP contribution in [0.2, 0.25) is 10.0 Å². The summed E-state index contributed by atoms with van der Waals surface area (Å²) in [7, 11) is 0. The number of ether oxygens (including phenoxy) is 1. The molecular weight excluding hydrogens is 387 g/mol. The number of esters is 1. The highest BCUT2D eigenvalue weighted by molar-refractivity contribution is 7.13. The number of hydrogen-bond acceptors (Lipinski definition) is 6. The number of rotatable bonds is 6. The Labute approximate surface area is 156 Å². The second-order valence-electron chi connectivity index (χ2n) is 5.02. The molecule has 0 bridgehead atoms. The zero-order chi connectivity index (χ0) is 17.8. The summed E-state index contributed by atoms with van der Waals surface area (Å²) in [6, 6.07) is 8.56. The van der Waals surface area contributed by atoms with Gasteiger partial charge in [0.05, 0.1) is 17.8 Å². The number of aryl methyl sites for hydroxylation is 1. The van der Waals surface area contributed by atoms with E-state index in [9.17, 15) is 9.59 Å². The highest BCUT2D eigenvalue weighted by Gasteiger charge is 2.13. The summed E-state index contributed by atoms with van der Waals surface area (Å²) in [5.41, 5.74) is 0.651. The van der Waals surface area contributed by atoms with E-state index in [1.807, 2.05) is 11.4 Å². The van der Waals surface area contributed by atoms with Crippen molar-refractivity contribution in [2.24, 2.45) is 0 Å². The predicted molar refractivity (Wildman–Crippen MR) is 95.0 cm³/mol. The van der Waals surface area contributed by atoms with Crippen molar-refractivity contribution < 1.29 is 13.9 Å². The van der Waals surface area contributed by atoms with Gasteiger partial charge >= 0.3 is 11.7 Å².